The molecule has 5 fully saturated rings. The number of carbonyl (C=O) groups excluding carboxylic acids is 5. The van der Waals surface area contributed by atoms with Gasteiger partial charge in [0.15, 0.2) is 0 Å². The van der Waals surface area contributed by atoms with Gasteiger partial charge in [-0.25, -0.2) is 0 Å². The molecule has 6 aliphatic heterocycles. The largest absolute Gasteiger partial charge is 0.371 e. The fraction of sp³-hybridized carbons (Fsp3) is 0.442. The van der Waals surface area contributed by atoms with Gasteiger partial charge in [0.2, 0.25) is 11.8 Å². The molecule has 13 heteroatoms. The number of likely N-dealkylation sites (tertiary alicyclic amines) is 1. The summed E-state index contributed by atoms with van der Waals surface area (Å²) in [6.07, 6.45) is 5.64. The average Bonchev–Trinajstić information content (AvgIpc) is 3.84. The Morgan fingerprint density at radius 2 is 1.41 bits per heavy atom. The second-order valence-electron chi connectivity index (χ2n) is 17.2. The van der Waals surface area contributed by atoms with Crippen LogP contribution in [0.4, 0.5) is 11.4 Å². The van der Waals surface area contributed by atoms with Crippen molar-refractivity contribution in [1.82, 2.24) is 20.0 Å². The normalized spacial score (nSPS) is 24.0. The number of halogens is 1. The minimum atomic E-state index is -0.965. The van der Waals surface area contributed by atoms with E-state index in [1.54, 1.807) is 0 Å². The number of fused-ring (bicyclic) bond motifs is 2. The molecule has 0 aromatic heterocycles. The molecule has 5 amide bonds. The zero-order valence-corrected chi connectivity index (χ0v) is 31.8. The van der Waals surface area contributed by atoms with Gasteiger partial charge in [0.1, 0.15) is 12.1 Å². The van der Waals surface area contributed by atoms with E-state index in [4.69, 9.17) is 11.6 Å². The first-order valence-electron chi connectivity index (χ1n) is 19.7. The number of nitrogens with zero attached hydrogens (tertiary/aromatic N) is 6. The van der Waals surface area contributed by atoms with Crippen molar-refractivity contribution in [3.8, 4) is 6.07 Å². The number of nitrogens with one attached hydrogen (secondary N) is 1. The molecule has 4 saturated heterocycles. The van der Waals surface area contributed by atoms with E-state index in [2.05, 4.69) is 38.2 Å². The Hall–Kier alpha value is -5.25. The molecule has 1 atom stereocenters. The fourth-order valence-electron chi connectivity index (χ4n) is 10.6. The number of amides is 5. The highest BCUT2D eigenvalue weighted by Crippen LogP contribution is 2.52. The summed E-state index contributed by atoms with van der Waals surface area (Å²) in [6.45, 7) is 6.88. The maximum absolute atomic E-state index is 13.5. The summed E-state index contributed by atoms with van der Waals surface area (Å²) in [5.74, 6) is -1.85. The van der Waals surface area contributed by atoms with E-state index in [0.29, 0.717) is 40.8 Å². The molecule has 1 saturated carbocycles. The van der Waals surface area contributed by atoms with E-state index in [-0.39, 0.29) is 35.5 Å². The van der Waals surface area contributed by atoms with Crippen molar-refractivity contribution in [3.05, 3.63) is 93.0 Å². The van der Waals surface area contributed by atoms with E-state index >= 15 is 0 Å². The molecule has 0 bridgehead atoms. The van der Waals surface area contributed by atoms with Gasteiger partial charge >= 0.3 is 0 Å². The maximum atomic E-state index is 13.5. The Kier molecular flexibility index (Phi) is 8.10. The zero-order chi connectivity index (χ0) is 38.5. The summed E-state index contributed by atoms with van der Waals surface area (Å²) < 4.78 is 0. The van der Waals surface area contributed by atoms with E-state index in [9.17, 15) is 29.2 Å². The van der Waals surface area contributed by atoms with Crippen LogP contribution in [0.2, 0.25) is 5.02 Å². The summed E-state index contributed by atoms with van der Waals surface area (Å²) in [6, 6.07) is 19.1. The number of imide groups is 2. The van der Waals surface area contributed by atoms with Crippen LogP contribution in [0.3, 0.4) is 0 Å². The summed E-state index contributed by atoms with van der Waals surface area (Å²) >= 11 is 6.33. The van der Waals surface area contributed by atoms with Crippen LogP contribution in [0.15, 0.2) is 54.6 Å². The lowest BCUT2D eigenvalue weighted by Crippen LogP contribution is -2.67. The summed E-state index contributed by atoms with van der Waals surface area (Å²) in [5, 5.41) is 12.0. The maximum Gasteiger partial charge on any atom is 0.262 e. The molecule has 7 aliphatic rings. The number of hydrogen-bond acceptors (Lipinski definition) is 9. The Bertz CT molecular complexity index is 2220. The molecule has 1 unspecified atom stereocenters. The van der Waals surface area contributed by atoms with Gasteiger partial charge in [-0.3, -0.25) is 39.1 Å². The number of piperidine rings is 2. The van der Waals surface area contributed by atoms with E-state index < -0.39 is 23.8 Å². The molecule has 6 heterocycles. The number of anilines is 2. The third-order valence-electron chi connectivity index (χ3n) is 13.9. The van der Waals surface area contributed by atoms with Gasteiger partial charge in [0, 0.05) is 87.2 Å². The molecule has 286 valence electrons. The van der Waals surface area contributed by atoms with Crippen LogP contribution in [-0.2, 0) is 22.7 Å². The topological polar surface area (TPSA) is 137 Å². The van der Waals surface area contributed by atoms with Crippen molar-refractivity contribution in [3.63, 3.8) is 0 Å². The first-order valence-corrected chi connectivity index (χ1v) is 20.1. The van der Waals surface area contributed by atoms with E-state index in [0.717, 1.165) is 104 Å². The Morgan fingerprint density at radius 3 is 2.02 bits per heavy atom. The molecule has 1 N–H and O–H groups in total. The van der Waals surface area contributed by atoms with Gasteiger partial charge in [-0.15, -0.1) is 0 Å². The molecule has 12 nitrogen and oxygen atoms in total. The van der Waals surface area contributed by atoms with Crippen LogP contribution in [0, 0.1) is 22.2 Å². The van der Waals surface area contributed by atoms with Crippen molar-refractivity contribution >= 4 is 52.5 Å². The van der Waals surface area contributed by atoms with Crippen LogP contribution in [0.1, 0.15) is 92.7 Å². The lowest BCUT2D eigenvalue weighted by Gasteiger charge is -2.60. The second kappa shape index (κ2) is 12.9. The van der Waals surface area contributed by atoms with Crippen molar-refractivity contribution < 1.29 is 24.0 Å². The third-order valence-corrected chi connectivity index (χ3v) is 14.2. The minimum Gasteiger partial charge on any atom is -0.371 e. The zero-order valence-electron chi connectivity index (χ0n) is 31.1. The van der Waals surface area contributed by atoms with Gasteiger partial charge in [-0.2, -0.15) is 5.26 Å². The monoisotopic (exact) mass is 771 g/mol. The molecule has 0 radical (unpaired) electrons. The third kappa shape index (κ3) is 5.69. The average molecular weight is 772 g/mol. The number of nitriles is 1. The van der Waals surface area contributed by atoms with Crippen molar-refractivity contribution in [2.45, 2.75) is 70.1 Å². The Morgan fingerprint density at radius 1 is 0.786 bits per heavy atom. The molecule has 10 rings (SSSR count). The van der Waals surface area contributed by atoms with Crippen LogP contribution < -0.4 is 15.1 Å². The highest BCUT2D eigenvalue weighted by molar-refractivity contribution is 6.32. The van der Waals surface area contributed by atoms with E-state index in [1.807, 2.05) is 47.4 Å². The van der Waals surface area contributed by atoms with Crippen molar-refractivity contribution in [2.75, 3.05) is 49.1 Å². The molecular weight excluding hydrogens is 730 g/mol. The van der Waals surface area contributed by atoms with Gasteiger partial charge in [0.05, 0.1) is 21.7 Å². The summed E-state index contributed by atoms with van der Waals surface area (Å²) in [4.78, 5) is 74.4. The predicted octanol–water partition coefficient (Wildman–Crippen LogP) is 4.73. The SMILES string of the molecule is N#Cc1ccc(N2CCC3(CCN(c4ccc(C(=O)N5CC6(CC(N7Cc8cc9c(cc8C7)C(=O)N(C7CCC(=O)NC7=O)C9=O)C6)C5)cc4)CC3)C2)cc1Cl. The smallest absolute Gasteiger partial charge is 0.262 e. The first-order chi connectivity index (χ1) is 27.0. The van der Waals surface area contributed by atoms with Gasteiger partial charge in [-0.1, -0.05) is 11.6 Å². The molecule has 1 aliphatic carbocycles. The summed E-state index contributed by atoms with van der Waals surface area (Å²) in [5.41, 5.74) is 6.64. The Balaban J connectivity index is 0.696. The summed E-state index contributed by atoms with van der Waals surface area (Å²) in [7, 11) is 0. The lowest BCUT2D eigenvalue weighted by atomic mass is 9.60. The molecule has 56 heavy (non-hydrogen) atoms. The molecular formula is C43H42ClN7O5. The number of rotatable bonds is 5. The molecule has 3 aromatic carbocycles. The number of hydrogen-bond donors (Lipinski definition) is 1. The quantitative estimate of drug-likeness (QED) is 0.365. The number of carbonyl (C=O) groups is 5. The highest BCUT2D eigenvalue weighted by atomic mass is 35.5. The standard InChI is InChI=1S/C43H42ClN7O5/c44-35-17-31(6-3-27(35)20-45)48-14-11-42(23-48)9-12-47(13-10-42)30-4-1-26(2-5-30)39(54)50-24-43(25-50)18-32(19-43)49-21-28-15-33-34(16-29(28)22-49)41(56)51(40(33)55)36-7-8-37(52)46-38(36)53/h1-6,15-17,32,36H,7-14,18-19,21-25H2,(H,46,52,53). The first kappa shape index (κ1) is 35.2. The van der Waals surface area contributed by atoms with Crippen LogP contribution in [0.25, 0.3) is 0 Å². The van der Waals surface area contributed by atoms with Gasteiger partial charge in [-0.05, 0) is 110 Å². The van der Waals surface area contributed by atoms with Crippen molar-refractivity contribution in [1.29, 1.82) is 5.26 Å². The van der Waals surface area contributed by atoms with Crippen molar-refractivity contribution in [2.24, 2.45) is 10.8 Å². The van der Waals surface area contributed by atoms with Gasteiger partial charge in [0.25, 0.3) is 17.7 Å². The van der Waals surface area contributed by atoms with Crippen LogP contribution >= 0.6 is 11.6 Å². The van der Waals surface area contributed by atoms with E-state index in [1.165, 1.54) is 0 Å². The fourth-order valence-corrected chi connectivity index (χ4v) is 10.8. The highest BCUT2D eigenvalue weighted by Gasteiger charge is 2.56. The number of benzene rings is 3. The van der Waals surface area contributed by atoms with Crippen LogP contribution in [-0.4, -0.2) is 95.6 Å². The van der Waals surface area contributed by atoms with Crippen LogP contribution in [0.5, 0.6) is 0 Å². The molecule has 3 aromatic rings. The Labute approximate surface area is 329 Å². The predicted molar refractivity (Wildman–Crippen MR) is 207 cm³/mol. The van der Waals surface area contributed by atoms with Gasteiger partial charge < -0.3 is 14.7 Å². The second-order valence-corrected chi connectivity index (χ2v) is 17.6. The molecule has 2 spiro atoms. The lowest BCUT2D eigenvalue weighted by molar-refractivity contribution is -0.136. The minimum absolute atomic E-state index is 0.0842.